The molecule has 0 amide bonds. The number of nitrogens with one attached hydrogen (secondary N) is 1. The average Bonchev–Trinajstić information content (AvgIpc) is 2.90. The predicted octanol–water partition coefficient (Wildman–Crippen LogP) is 2.01. The normalized spacial score (nSPS) is 18.3. The summed E-state index contributed by atoms with van der Waals surface area (Å²) < 4.78 is 27.3. The molecule has 5 heteroatoms. The molecular weight excluding hydrogens is 272 g/mol. The molecule has 1 atom stereocenters. The lowest BCUT2D eigenvalue weighted by atomic mass is 10.2. The third-order valence-electron chi connectivity index (χ3n) is 3.77. The molecule has 1 unspecified atom stereocenters. The fraction of sp³-hybridized carbons (Fsp3) is 0.600. The average molecular weight is 296 g/mol. The molecule has 1 saturated heterocycles. The Hall–Kier alpha value is -0.910. The first kappa shape index (κ1) is 15.5. The highest BCUT2D eigenvalue weighted by atomic mass is 32.2. The van der Waals surface area contributed by atoms with E-state index in [9.17, 15) is 8.42 Å². The van der Waals surface area contributed by atoms with Crippen molar-refractivity contribution in [2.75, 3.05) is 26.2 Å². The van der Waals surface area contributed by atoms with Crippen LogP contribution in [0.15, 0.2) is 29.2 Å². The Kier molecular flexibility index (Phi) is 5.18. The minimum atomic E-state index is -3.39. The molecule has 1 aromatic carbocycles. The van der Waals surface area contributed by atoms with Crippen LogP contribution in [-0.2, 0) is 10.0 Å². The molecular formula is C15H24N2O2S. The van der Waals surface area contributed by atoms with Crippen molar-refractivity contribution in [2.24, 2.45) is 5.92 Å². The molecule has 0 aromatic heterocycles. The summed E-state index contributed by atoms with van der Waals surface area (Å²) in [4.78, 5) is 2.79. The van der Waals surface area contributed by atoms with Crippen LogP contribution in [0, 0.1) is 12.8 Å². The molecule has 4 nitrogen and oxygen atoms in total. The Morgan fingerprint density at radius 3 is 2.55 bits per heavy atom. The van der Waals surface area contributed by atoms with Crippen LogP contribution in [0.1, 0.15) is 25.3 Å². The van der Waals surface area contributed by atoms with Crippen molar-refractivity contribution >= 4 is 10.0 Å². The van der Waals surface area contributed by atoms with Crippen molar-refractivity contribution < 1.29 is 8.42 Å². The van der Waals surface area contributed by atoms with E-state index in [1.807, 2.05) is 19.1 Å². The number of sulfonamides is 1. The standard InChI is InChI=1S/C15H24N2O2S/c1-13(12-17-9-5-6-10-17)11-16-20(18,19)15-8-4-3-7-14(15)2/h3-4,7-8,13,16H,5-6,9-12H2,1-2H3. The summed E-state index contributed by atoms with van der Waals surface area (Å²) in [6, 6.07) is 7.09. The van der Waals surface area contributed by atoms with E-state index in [0.717, 1.165) is 25.2 Å². The second kappa shape index (κ2) is 6.70. The molecule has 1 N–H and O–H groups in total. The van der Waals surface area contributed by atoms with Gasteiger partial charge in [0.15, 0.2) is 0 Å². The molecule has 0 bridgehead atoms. The van der Waals surface area contributed by atoms with Crippen LogP contribution in [0.3, 0.4) is 0 Å². The lowest BCUT2D eigenvalue weighted by Gasteiger charge is -2.20. The van der Waals surface area contributed by atoms with Crippen LogP contribution in [-0.4, -0.2) is 39.5 Å². The van der Waals surface area contributed by atoms with Gasteiger partial charge < -0.3 is 4.90 Å². The van der Waals surface area contributed by atoms with Gasteiger partial charge in [0, 0.05) is 13.1 Å². The summed E-state index contributed by atoms with van der Waals surface area (Å²) in [6.07, 6.45) is 2.53. The predicted molar refractivity (Wildman–Crippen MR) is 81.2 cm³/mol. The molecule has 1 fully saturated rings. The van der Waals surface area contributed by atoms with Crippen molar-refractivity contribution in [3.8, 4) is 0 Å². The summed E-state index contributed by atoms with van der Waals surface area (Å²) in [7, 11) is -3.39. The number of hydrogen-bond donors (Lipinski definition) is 1. The highest BCUT2D eigenvalue weighted by molar-refractivity contribution is 7.89. The van der Waals surface area contributed by atoms with Gasteiger partial charge in [0.1, 0.15) is 0 Å². The summed E-state index contributed by atoms with van der Waals surface area (Å²) in [5.41, 5.74) is 0.784. The second-order valence-corrected chi connectivity index (χ2v) is 7.47. The number of hydrogen-bond acceptors (Lipinski definition) is 3. The van der Waals surface area contributed by atoms with Gasteiger partial charge in [0.05, 0.1) is 4.90 Å². The van der Waals surface area contributed by atoms with Gasteiger partial charge in [-0.05, 0) is 50.4 Å². The van der Waals surface area contributed by atoms with E-state index in [1.165, 1.54) is 12.8 Å². The van der Waals surface area contributed by atoms with Crippen molar-refractivity contribution in [3.63, 3.8) is 0 Å². The van der Waals surface area contributed by atoms with Gasteiger partial charge in [0.25, 0.3) is 0 Å². The fourth-order valence-electron chi connectivity index (χ4n) is 2.66. The SMILES string of the molecule is Cc1ccccc1S(=O)(=O)NCC(C)CN1CCCC1. The van der Waals surface area contributed by atoms with Gasteiger partial charge in [-0.3, -0.25) is 0 Å². The molecule has 0 spiro atoms. The summed E-state index contributed by atoms with van der Waals surface area (Å²) >= 11 is 0. The molecule has 20 heavy (non-hydrogen) atoms. The Bertz CT molecular complexity index is 537. The van der Waals surface area contributed by atoms with Crippen molar-refractivity contribution in [3.05, 3.63) is 29.8 Å². The summed E-state index contributed by atoms with van der Waals surface area (Å²) in [6.45, 7) is 7.67. The molecule has 1 heterocycles. The van der Waals surface area contributed by atoms with Crippen LogP contribution < -0.4 is 4.72 Å². The first-order chi connectivity index (χ1) is 9.49. The minimum absolute atomic E-state index is 0.326. The molecule has 2 rings (SSSR count). The molecule has 1 aromatic rings. The van der Waals surface area contributed by atoms with Gasteiger partial charge in [-0.25, -0.2) is 13.1 Å². The van der Waals surface area contributed by atoms with Crippen LogP contribution in [0.4, 0.5) is 0 Å². The molecule has 0 saturated carbocycles. The number of aryl methyl sites for hydroxylation is 1. The fourth-order valence-corrected chi connectivity index (χ4v) is 4.07. The van der Waals surface area contributed by atoms with Gasteiger partial charge in [-0.15, -0.1) is 0 Å². The van der Waals surface area contributed by atoms with E-state index in [2.05, 4.69) is 16.5 Å². The van der Waals surface area contributed by atoms with Gasteiger partial charge >= 0.3 is 0 Å². The molecule has 112 valence electrons. The van der Waals surface area contributed by atoms with Crippen molar-refractivity contribution in [1.29, 1.82) is 0 Å². The van der Waals surface area contributed by atoms with Crippen molar-refractivity contribution in [1.82, 2.24) is 9.62 Å². The van der Waals surface area contributed by atoms with Gasteiger partial charge in [0.2, 0.25) is 10.0 Å². The number of likely N-dealkylation sites (tertiary alicyclic amines) is 1. The lowest BCUT2D eigenvalue weighted by Crippen LogP contribution is -2.34. The maximum Gasteiger partial charge on any atom is 0.240 e. The van der Waals surface area contributed by atoms with E-state index in [0.29, 0.717) is 17.4 Å². The van der Waals surface area contributed by atoms with E-state index >= 15 is 0 Å². The van der Waals surface area contributed by atoms with E-state index in [-0.39, 0.29) is 0 Å². The third-order valence-corrected chi connectivity index (χ3v) is 5.36. The van der Waals surface area contributed by atoms with E-state index in [4.69, 9.17) is 0 Å². The van der Waals surface area contributed by atoms with Crippen molar-refractivity contribution in [2.45, 2.75) is 31.6 Å². The van der Waals surface area contributed by atoms with Gasteiger partial charge in [-0.2, -0.15) is 0 Å². The zero-order chi connectivity index (χ0) is 14.6. The monoisotopic (exact) mass is 296 g/mol. The number of nitrogens with zero attached hydrogens (tertiary/aromatic N) is 1. The highest BCUT2D eigenvalue weighted by Gasteiger charge is 2.19. The molecule has 1 aliphatic heterocycles. The van der Waals surface area contributed by atoms with Crippen LogP contribution >= 0.6 is 0 Å². The Morgan fingerprint density at radius 2 is 1.90 bits per heavy atom. The lowest BCUT2D eigenvalue weighted by molar-refractivity contribution is 0.288. The summed E-state index contributed by atoms with van der Waals surface area (Å²) in [5, 5.41) is 0. The summed E-state index contributed by atoms with van der Waals surface area (Å²) in [5.74, 6) is 0.326. The molecule has 0 radical (unpaired) electrons. The Labute approximate surface area is 122 Å². The number of rotatable bonds is 6. The van der Waals surface area contributed by atoms with Gasteiger partial charge in [-0.1, -0.05) is 25.1 Å². The van der Waals surface area contributed by atoms with Crippen LogP contribution in [0.5, 0.6) is 0 Å². The topological polar surface area (TPSA) is 49.4 Å². The zero-order valence-corrected chi connectivity index (χ0v) is 13.1. The van der Waals surface area contributed by atoms with Crippen LogP contribution in [0.2, 0.25) is 0 Å². The maximum absolute atomic E-state index is 12.3. The Balaban J connectivity index is 1.90. The van der Waals surface area contributed by atoms with Crippen LogP contribution in [0.25, 0.3) is 0 Å². The highest BCUT2D eigenvalue weighted by Crippen LogP contribution is 2.14. The number of benzene rings is 1. The maximum atomic E-state index is 12.3. The minimum Gasteiger partial charge on any atom is -0.303 e. The first-order valence-corrected chi connectivity index (χ1v) is 8.75. The quantitative estimate of drug-likeness (QED) is 0.873. The Morgan fingerprint density at radius 1 is 1.25 bits per heavy atom. The smallest absolute Gasteiger partial charge is 0.240 e. The second-order valence-electron chi connectivity index (χ2n) is 5.73. The zero-order valence-electron chi connectivity index (χ0n) is 12.3. The largest absolute Gasteiger partial charge is 0.303 e. The first-order valence-electron chi connectivity index (χ1n) is 7.27. The third kappa shape index (κ3) is 4.04. The van der Waals surface area contributed by atoms with E-state index in [1.54, 1.807) is 12.1 Å². The van der Waals surface area contributed by atoms with E-state index < -0.39 is 10.0 Å². The molecule has 0 aliphatic carbocycles. The molecule has 1 aliphatic rings.